The van der Waals surface area contributed by atoms with E-state index in [1.165, 1.54) is 19.1 Å². The van der Waals surface area contributed by atoms with Gasteiger partial charge in [0.2, 0.25) is 11.7 Å². The minimum absolute atomic E-state index is 0.0656. The lowest BCUT2D eigenvalue weighted by Crippen LogP contribution is -2.46. The first-order valence-electron chi connectivity index (χ1n) is 12.6. The Labute approximate surface area is 226 Å². The van der Waals surface area contributed by atoms with Crippen molar-refractivity contribution in [2.45, 2.75) is 19.1 Å². The number of nitrogens with zero attached hydrogens (tertiary/aromatic N) is 2. The van der Waals surface area contributed by atoms with Gasteiger partial charge in [0.1, 0.15) is 0 Å². The van der Waals surface area contributed by atoms with Crippen molar-refractivity contribution in [1.82, 2.24) is 0 Å². The predicted octanol–water partition coefficient (Wildman–Crippen LogP) is 7.11. The van der Waals surface area contributed by atoms with Gasteiger partial charge < -0.3 is 4.74 Å². The molecule has 5 aromatic rings. The van der Waals surface area contributed by atoms with Gasteiger partial charge in [-0.2, -0.15) is 4.57 Å². The van der Waals surface area contributed by atoms with Crippen molar-refractivity contribution in [2.24, 2.45) is 0 Å². The first-order valence-corrected chi connectivity index (χ1v) is 12.6. The fourth-order valence-corrected chi connectivity index (χ4v) is 4.85. The van der Waals surface area contributed by atoms with Crippen molar-refractivity contribution < 1.29 is 19.0 Å². The van der Waals surface area contributed by atoms with Crippen molar-refractivity contribution in [1.29, 1.82) is 0 Å². The Morgan fingerprint density at radius 1 is 0.718 bits per heavy atom. The molecular weight excluding hydrogens is 488 g/mol. The zero-order valence-electron chi connectivity index (χ0n) is 21.4. The topological polar surface area (TPSA) is 73.3 Å². The Balaban J connectivity index is 1.77. The summed E-state index contributed by atoms with van der Waals surface area (Å²) in [5, 5.41) is 11.6. The number of rotatable bonds is 8. The van der Waals surface area contributed by atoms with Crippen LogP contribution in [0.25, 0.3) is 22.4 Å². The Hall–Kier alpha value is -5.10. The van der Waals surface area contributed by atoms with Crippen LogP contribution in [0.5, 0.6) is 0 Å². The number of hydrogen-bond acceptors (Lipinski definition) is 4. The van der Waals surface area contributed by atoms with Gasteiger partial charge in [-0.05, 0) is 23.3 Å². The molecule has 0 aliphatic carbocycles. The highest BCUT2D eigenvalue weighted by Gasteiger charge is 2.38. The molecule has 0 aliphatic heterocycles. The van der Waals surface area contributed by atoms with E-state index in [2.05, 4.69) is 22.8 Å². The highest BCUT2D eigenvalue weighted by atomic mass is 16.6. The Morgan fingerprint density at radius 2 is 1.31 bits per heavy atom. The van der Waals surface area contributed by atoms with Gasteiger partial charge in [0.15, 0.2) is 12.3 Å². The maximum absolute atomic E-state index is 12.4. The van der Waals surface area contributed by atoms with E-state index in [0.717, 1.165) is 27.9 Å². The average molecular weight is 516 g/mol. The number of esters is 1. The molecule has 6 heteroatoms. The minimum atomic E-state index is -0.833. The lowest BCUT2D eigenvalue weighted by molar-refractivity contribution is -0.711. The summed E-state index contributed by atoms with van der Waals surface area (Å²) >= 11 is 0. The zero-order valence-corrected chi connectivity index (χ0v) is 21.4. The van der Waals surface area contributed by atoms with Gasteiger partial charge in [-0.15, -0.1) is 0 Å². The number of nitro groups is 1. The molecule has 0 spiro atoms. The monoisotopic (exact) mass is 515 g/mol. The lowest BCUT2D eigenvalue weighted by Gasteiger charge is -2.25. The third-order valence-electron chi connectivity index (χ3n) is 6.59. The molecule has 0 saturated heterocycles. The molecule has 1 heterocycles. The Morgan fingerprint density at radius 3 is 1.92 bits per heavy atom. The maximum Gasteiger partial charge on any atom is 0.303 e. The lowest BCUT2D eigenvalue weighted by atomic mass is 9.93. The summed E-state index contributed by atoms with van der Waals surface area (Å²) in [6.45, 7) is 1.35. The van der Waals surface area contributed by atoms with Crippen LogP contribution in [-0.2, 0) is 9.53 Å². The number of pyridine rings is 1. The molecule has 5 rings (SSSR count). The van der Waals surface area contributed by atoms with Gasteiger partial charge in [0.25, 0.3) is 5.69 Å². The molecule has 0 unspecified atom stereocenters. The first-order chi connectivity index (χ1) is 19.0. The number of aromatic nitrogens is 1. The van der Waals surface area contributed by atoms with E-state index in [1.54, 1.807) is 12.1 Å². The van der Waals surface area contributed by atoms with E-state index in [1.807, 2.05) is 91.1 Å². The molecule has 0 radical (unpaired) electrons. The largest absolute Gasteiger partial charge is 0.450 e. The molecular formula is C33H27N2O4+. The highest BCUT2D eigenvalue weighted by Crippen LogP contribution is 2.36. The molecule has 192 valence electrons. The van der Waals surface area contributed by atoms with Crippen LogP contribution < -0.4 is 4.57 Å². The fourth-order valence-electron chi connectivity index (χ4n) is 4.85. The zero-order chi connectivity index (χ0) is 27.2. The SMILES string of the molecule is CC(=O)O[C@@H](c1cccc([N+](=O)[O-])c1)[C@@H](c1ccccc1)[n+]1ccc(-c2ccccc2)cc1-c1ccccc1. The van der Waals surface area contributed by atoms with Gasteiger partial charge in [-0.3, -0.25) is 14.9 Å². The number of non-ortho nitro benzene ring substituents is 1. The van der Waals surface area contributed by atoms with E-state index in [0.29, 0.717) is 5.56 Å². The van der Waals surface area contributed by atoms with Crippen LogP contribution in [0.2, 0.25) is 0 Å². The molecule has 0 aliphatic rings. The average Bonchev–Trinajstić information content (AvgIpc) is 2.98. The van der Waals surface area contributed by atoms with Crippen molar-refractivity contribution >= 4 is 11.7 Å². The van der Waals surface area contributed by atoms with Crippen LogP contribution in [0.15, 0.2) is 134 Å². The summed E-state index contributed by atoms with van der Waals surface area (Å²) in [4.78, 5) is 23.6. The number of hydrogen-bond donors (Lipinski definition) is 0. The number of carbonyl (C=O) groups is 1. The summed E-state index contributed by atoms with van der Waals surface area (Å²) < 4.78 is 8.05. The van der Waals surface area contributed by atoms with Crippen LogP contribution in [0.1, 0.15) is 30.2 Å². The number of carbonyl (C=O) groups excluding carboxylic acids is 1. The second-order valence-corrected chi connectivity index (χ2v) is 9.18. The molecule has 1 aromatic heterocycles. The summed E-state index contributed by atoms with van der Waals surface area (Å²) in [5.74, 6) is -0.477. The van der Waals surface area contributed by atoms with E-state index in [9.17, 15) is 14.9 Å². The molecule has 6 nitrogen and oxygen atoms in total. The van der Waals surface area contributed by atoms with Crippen molar-refractivity contribution in [3.8, 4) is 22.4 Å². The second kappa shape index (κ2) is 11.5. The number of nitro benzene ring substituents is 1. The number of ether oxygens (including phenoxy) is 1. The number of benzene rings is 4. The summed E-state index contributed by atoms with van der Waals surface area (Å²) in [6.07, 6.45) is 1.16. The van der Waals surface area contributed by atoms with Crippen LogP contribution in [-0.4, -0.2) is 10.9 Å². The van der Waals surface area contributed by atoms with Gasteiger partial charge >= 0.3 is 5.97 Å². The molecule has 2 atom stereocenters. The third-order valence-corrected chi connectivity index (χ3v) is 6.59. The van der Waals surface area contributed by atoms with E-state index in [4.69, 9.17) is 4.74 Å². The van der Waals surface area contributed by atoms with Crippen LogP contribution in [0.4, 0.5) is 5.69 Å². The van der Waals surface area contributed by atoms with Gasteiger partial charge in [0.05, 0.1) is 4.92 Å². The maximum atomic E-state index is 12.4. The molecule has 4 aromatic carbocycles. The fraction of sp³-hybridized carbons (Fsp3) is 0.0909. The van der Waals surface area contributed by atoms with Crippen LogP contribution in [0.3, 0.4) is 0 Å². The first kappa shape index (κ1) is 25.5. The molecule has 0 saturated carbocycles. The second-order valence-electron chi connectivity index (χ2n) is 9.18. The van der Waals surface area contributed by atoms with Crippen molar-refractivity contribution in [3.05, 3.63) is 155 Å². The Bertz CT molecular complexity index is 1590. The summed E-state index contributed by atoms with van der Waals surface area (Å²) in [6, 6.07) is 39.8. The third kappa shape index (κ3) is 5.75. The van der Waals surface area contributed by atoms with Gasteiger partial charge in [-0.1, -0.05) is 91.0 Å². The van der Waals surface area contributed by atoms with Crippen molar-refractivity contribution in [2.75, 3.05) is 0 Å². The normalized spacial score (nSPS) is 12.3. The van der Waals surface area contributed by atoms with Crippen molar-refractivity contribution in [3.63, 3.8) is 0 Å². The summed E-state index contributed by atoms with van der Waals surface area (Å²) in [5.41, 5.74) is 5.37. The van der Waals surface area contributed by atoms with Gasteiger partial charge in [0, 0.05) is 47.9 Å². The molecule has 0 N–H and O–H groups in total. The van der Waals surface area contributed by atoms with Crippen LogP contribution >= 0.6 is 0 Å². The smallest absolute Gasteiger partial charge is 0.303 e. The van der Waals surface area contributed by atoms with E-state index >= 15 is 0 Å². The summed E-state index contributed by atoms with van der Waals surface area (Å²) in [7, 11) is 0. The quantitative estimate of drug-likeness (QED) is 0.0955. The standard InChI is InChI=1S/C33H27N2O4/c1-24(36)39-33(29-18-11-19-30(22-29)35(37)38)32(27-16-9-4-10-17-27)34-21-20-28(25-12-5-2-6-13-25)23-31(34)26-14-7-3-8-15-26/h2-23,32-33H,1H3/q+1/t32-,33+/m1/s1. The molecule has 39 heavy (non-hydrogen) atoms. The minimum Gasteiger partial charge on any atom is -0.450 e. The van der Waals surface area contributed by atoms with E-state index in [-0.39, 0.29) is 5.69 Å². The molecule has 0 amide bonds. The predicted molar refractivity (Wildman–Crippen MR) is 150 cm³/mol. The van der Waals surface area contributed by atoms with E-state index < -0.39 is 23.0 Å². The molecule has 0 bridgehead atoms. The van der Waals surface area contributed by atoms with Crippen LogP contribution in [0, 0.1) is 10.1 Å². The van der Waals surface area contributed by atoms with Gasteiger partial charge in [-0.25, -0.2) is 0 Å². The highest BCUT2D eigenvalue weighted by molar-refractivity contribution is 5.69. The molecule has 0 fully saturated rings. The Kier molecular flexibility index (Phi) is 7.55.